The molecule has 0 saturated carbocycles. The number of aryl methyl sites for hydroxylation is 1. The molecule has 1 aromatic carbocycles. The maximum Gasteiger partial charge on any atom is 0.320 e. The summed E-state index contributed by atoms with van der Waals surface area (Å²) in [5.41, 5.74) is 0.970. The SMILES string of the molecule is Cc1ccc([N+](=O)[O-])cc1NC(=O)CN1CCCCC1C(=O)O.Cl. The van der Waals surface area contributed by atoms with Crippen LogP contribution in [0, 0.1) is 17.0 Å². The molecule has 132 valence electrons. The number of carboxylic acids is 1. The first-order valence-electron chi connectivity index (χ1n) is 7.40. The van der Waals surface area contributed by atoms with Crippen molar-refractivity contribution in [2.24, 2.45) is 0 Å². The second kappa shape index (κ2) is 8.60. The second-order valence-electron chi connectivity index (χ2n) is 5.62. The molecule has 1 saturated heterocycles. The Morgan fingerprint density at radius 2 is 2.12 bits per heavy atom. The van der Waals surface area contributed by atoms with Crippen molar-refractivity contribution in [3.63, 3.8) is 0 Å². The third-order valence-corrected chi connectivity index (χ3v) is 3.95. The maximum absolute atomic E-state index is 12.2. The smallest absolute Gasteiger partial charge is 0.320 e. The van der Waals surface area contributed by atoms with Crippen molar-refractivity contribution in [1.82, 2.24) is 4.90 Å². The number of nitrogens with zero attached hydrogens (tertiary/aromatic N) is 2. The summed E-state index contributed by atoms with van der Waals surface area (Å²) in [6.07, 6.45) is 2.21. The number of piperidine rings is 1. The summed E-state index contributed by atoms with van der Waals surface area (Å²) in [6, 6.07) is 3.59. The van der Waals surface area contributed by atoms with E-state index in [1.807, 2.05) is 0 Å². The van der Waals surface area contributed by atoms with E-state index >= 15 is 0 Å². The lowest BCUT2D eigenvalue weighted by Gasteiger charge is -2.32. The highest BCUT2D eigenvalue weighted by Gasteiger charge is 2.29. The molecule has 2 rings (SSSR count). The Balaban J connectivity index is 0.00000288. The topological polar surface area (TPSA) is 113 Å². The number of benzene rings is 1. The number of nitro benzene ring substituents is 1. The van der Waals surface area contributed by atoms with Gasteiger partial charge in [-0.2, -0.15) is 0 Å². The lowest BCUT2D eigenvalue weighted by molar-refractivity contribution is -0.384. The molecule has 8 nitrogen and oxygen atoms in total. The summed E-state index contributed by atoms with van der Waals surface area (Å²) in [4.78, 5) is 35.3. The van der Waals surface area contributed by atoms with E-state index in [0.717, 1.165) is 12.8 Å². The van der Waals surface area contributed by atoms with Crippen LogP contribution in [0.4, 0.5) is 11.4 Å². The molecule has 2 N–H and O–H groups in total. The third kappa shape index (κ3) is 4.90. The third-order valence-electron chi connectivity index (χ3n) is 3.95. The number of non-ortho nitro benzene ring substituents is 1. The van der Waals surface area contributed by atoms with Gasteiger partial charge in [0.05, 0.1) is 17.2 Å². The molecule has 0 bridgehead atoms. The minimum atomic E-state index is -0.927. The Morgan fingerprint density at radius 3 is 2.75 bits per heavy atom. The largest absolute Gasteiger partial charge is 0.480 e. The van der Waals surface area contributed by atoms with Gasteiger partial charge in [0.25, 0.3) is 5.69 Å². The van der Waals surface area contributed by atoms with Crippen LogP contribution in [0.25, 0.3) is 0 Å². The van der Waals surface area contributed by atoms with E-state index in [9.17, 15) is 24.8 Å². The average molecular weight is 358 g/mol. The van der Waals surface area contributed by atoms with E-state index in [1.165, 1.54) is 12.1 Å². The minimum absolute atomic E-state index is 0. The van der Waals surface area contributed by atoms with Crippen LogP contribution in [-0.4, -0.2) is 45.9 Å². The maximum atomic E-state index is 12.2. The van der Waals surface area contributed by atoms with Crippen molar-refractivity contribution in [3.05, 3.63) is 33.9 Å². The number of hydrogen-bond donors (Lipinski definition) is 2. The molecular formula is C15H20ClN3O5. The van der Waals surface area contributed by atoms with Crippen LogP contribution in [0.1, 0.15) is 24.8 Å². The predicted molar refractivity (Wildman–Crippen MR) is 90.6 cm³/mol. The van der Waals surface area contributed by atoms with Crippen LogP contribution in [0.15, 0.2) is 18.2 Å². The first-order valence-corrected chi connectivity index (χ1v) is 7.40. The number of nitro groups is 1. The Bertz CT molecular complexity index is 638. The van der Waals surface area contributed by atoms with E-state index in [1.54, 1.807) is 17.9 Å². The van der Waals surface area contributed by atoms with Gasteiger partial charge in [-0.3, -0.25) is 24.6 Å². The van der Waals surface area contributed by atoms with Crippen molar-refractivity contribution in [1.29, 1.82) is 0 Å². The van der Waals surface area contributed by atoms with E-state index in [-0.39, 0.29) is 30.5 Å². The standard InChI is InChI=1S/C15H19N3O5.ClH/c1-10-5-6-11(18(22)23)8-12(10)16-14(19)9-17-7-3-2-4-13(17)15(20)21;/h5-6,8,13H,2-4,7,9H2,1H3,(H,16,19)(H,20,21);1H. The molecular weight excluding hydrogens is 338 g/mol. The number of carbonyl (C=O) groups is 2. The molecule has 9 heteroatoms. The number of carbonyl (C=O) groups excluding carboxylic acids is 1. The number of nitrogens with one attached hydrogen (secondary N) is 1. The van der Waals surface area contributed by atoms with Gasteiger partial charge < -0.3 is 10.4 Å². The van der Waals surface area contributed by atoms with Gasteiger partial charge >= 0.3 is 5.97 Å². The zero-order valence-electron chi connectivity index (χ0n) is 13.2. The number of likely N-dealkylation sites (tertiary alicyclic amines) is 1. The first kappa shape index (κ1) is 19.9. The summed E-state index contributed by atoms with van der Waals surface area (Å²) in [6.45, 7) is 2.25. The van der Waals surface area contributed by atoms with Crippen LogP contribution in [0.5, 0.6) is 0 Å². The van der Waals surface area contributed by atoms with Crippen molar-refractivity contribution >= 4 is 35.7 Å². The number of aliphatic carboxylic acids is 1. The Morgan fingerprint density at radius 1 is 1.42 bits per heavy atom. The molecule has 1 unspecified atom stereocenters. The van der Waals surface area contributed by atoms with Crippen molar-refractivity contribution in [3.8, 4) is 0 Å². The quantitative estimate of drug-likeness (QED) is 0.617. The van der Waals surface area contributed by atoms with Crippen LogP contribution >= 0.6 is 12.4 Å². The fourth-order valence-electron chi connectivity index (χ4n) is 2.69. The molecule has 0 spiro atoms. The highest BCUT2D eigenvalue weighted by Crippen LogP contribution is 2.22. The molecule has 0 aromatic heterocycles. The van der Waals surface area contributed by atoms with Gasteiger partial charge in [-0.05, 0) is 31.9 Å². The van der Waals surface area contributed by atoms with Gasteiger partial charge in [0.2, 0.25) is 5.91 Å². The molecule has 0 aliphatic carbocycles. The van der Waals surface area contributed by atoms with Crippen LogP contribution in [0.2, 0.25) is 0 Å². The minimum Gasteiger partial charge on any atom is -0.480 e. The van der Waals surface area contributed by atoms with E-state index in [4.69, 9.17) is 0 Å². The normalized spacial score (nSPS) is 17.6. The molecule has 0 radical (unpaired) electrons. The van der Waals surface area contributed by atoms with Gasteiger partial charge in [0.1, 0.15) is 6.04 Å². The van der Waals surface area contributed by atoms with Crippen molar-refractivity contribution in [2.75, 3.05) is 18.4 Å². The molecule has 1 atom stereocenters. The van der Waals surface area contributed by atoms with Gasteiger partial charge in [-0.25, -0.2) is 0 Å². The summed E-state index contributed by atoms with van der Waals surface area (Å²) in [5, 5.41) is 22.6. The van der Waals surface area contributed by atoms with E-state index in [2.05, 4.69) is 5.32 Å². The summed E-state index contributed by atoms with van der Waals surface area (Å²) < 4.78 is 0. The molecule has 24 heavy (non-hydrogen) atoms. The molecule has 1 aromatic rings. The Kier molecular flexibility index (Phi) is 7.12. The fourth-order valence-corrected chi connectivity index (χ4v) is 2.69. The van der Waals surface area contributed by atoms with Crippen LogP contribution < -0.4 is 5.32 Å². The van der Waals surface area contributed by atoms with Crippen molar-refractivity contribution in [2.45, 2.75) is 32.2 Å². The van der Waals surface area contributed by atoms with E-state index in [0.29, 0.717) is 24.2 Å². The second-order valence-corrected chi connectivity index (χ2v) is 5.62. The highest BCUT2D eigenvalue weighted by atomic mass is 35.5. The molecule has 1 fully saturated rings. The molecule has 1 heterocycles. The van der Waals surface area contributed by atoms with Gasteiger partial charge in [-0.1, -0.05) is 12.5 Å². The molecule has 1 aliphatic heterocycles. The van der Waals surface area contributed by atoms with Gasteiger partial charge in [0.15, 0.2) is 0 Å². The Labute approximate surface area is 145 Å². The highest BCUT2D eigenvalue weighted by molar-refractivity contribution is 5.93. The lowest BCUT2D eigenvalue weighted by atomic mass is 10.0. The molecule has 1 amide bonds. The molecule has 1 aliphatic rings. The van der Waals surface area contributed by atoms with Gasteiger partial charge in [-0.15, -0.1) is 12.4 Å². The predicted octanol–water partition coefficient (Wildman–Crippen LogP) is 2.20. The van der Waals surface area contributed by atoms with Crippen LogP contribution in [0.3, 0.4) is 0 Å². The monoisotopic (exact) mass is 357 g/mol. The number of carboxylic acid groups (broad SMARTS) is 1. The van der Waals surface area contributed by atoms with Crippen molar-refractivity contribution < 1.29 is 19.6 Å². The van der Waals surface area contributed by atoms with Gasteiger partial charge in [0, 0.05) is 12.1 Å². The summed E-state index contributed by atoms with van der Waals surface area (Å²) >= 11 is 0. The first-order chi connectivity index (χ1) is 10.9. The van der Waals surface area contributed by atoms with Crippen LogP contribution in [-0.2, 0) is 9.59 Å². The zero-order valence-corrected chi connectivity index (χ0v) is 14.0. The number of halogens is 1. The lowest BCUT2D eigenvalue weighted by Crippen LogP contribution is -2.47. The number of anilines is 1. The Hall–Kier alpha value is -2.19. The van der Waals surface area contributed by atoms with E-state index < -0.39 is 16.9 Å². The summed E-state index contributed by atoms with van der Waals surface area (Å²) in [5.74, 6) is -1.30. The number of amides is 1. The number of rotatable bonds is 5. The fraction of sp³-hybridized carbons (Fsp3) is 0.467. The summed E-state index contributed by atoms with van der Waals surface area (Å²) in [7, 11) is 0. The average Bonchev–Trinajstić information content (AvgIpc) is 2.49. The number of hydrogen-bond acceptors (Lipinski definition) is 5. The zero-order chi connectivity index (χ0) is 17.0.